The van der Waals surface area contributed by atoms with Crippen LogP contribution in [0.15, 0.2) is 0 Å². The van der Waals surface area contributed by atoms with E-state index in [0.29, 0.717) is 13.2 Å². The first kappa shape index (κ1) is 9.79. The zero-order valence-electron chi connectivity index (χ0n) is 7.36. The van der Waals surface area contributed by atoms with E-state index in [-0.39, 0.29) is 6.54 Å². The smallest absolute Gasteiger partial charge is 0.336 e. The predicted octanol–water partition coefficient (Wildman–Crippen LogP) is -1.06. The van der Waals surface area contributed by atoms with Gasteiger partial charge in [-0.1, -0.05) is 0 Å². The van der Waals surface area contributed by atoms with Crippen molar-refractivity contribution < 1.29 is 19.1 Å². The van der Waals surface area contributed by atoms with Crippen molar-refractivity contribution in [3.63, 3.8) is 0 Å². The molecule has 2 amide bonds. The molecule has 1 heterocycles. The van der Waals surface area contributed by atoms with Crippen LogP contribution in [-0.2, 0) is 14.3 Å². The summed E-state index contributed by atoms with van der Waals surface area (Å²) in [5.41, 5.74) is 5.05. The van der Waals surface area contributed by atoms with Crippen molar-refractivity contribution in [2.75, 3.05) is 26.8 Å². The van der Waals surface area contributed by atoms with Crippen molar-refractivity contribution in [1.82, 2.24) is 4.90 Å². The van der Waals surface area contributed by atoms with Crippen LogP contribution >= 0.6 is 0 Å². The summed E-state index contributed by atoms with van der Waals surface area (Å²) in [6.45, 7) is 0.896. The van der Waals surface area contributed by atoms with Crippen LogP contribution in [0.2, 0.25) is 0 Å². The molecule has 1 aliphatic heterocycles. The summed E-state index contributed by atoms with van der Waals surface area (Å²) in [6, 6.07) is -0.544. The second-order valence-electron chi connectivity index (χ2n) is 2.67. The number of ether oxygens (including phenoxy) is 2. The molecule has 6 nitrogen and oxygen atoms in total. The van der Waals surface area contributed by atoms with Gasteiger partial charge in [0.25, 0.3) is 0 Å². The normalized spacial score (nSPS) is 22.5. The Morgan fingerprint density at radius 1 is 1.62 bits per heavy atom. The van der Waals surface area contributed by atoms with Gasteiger partial charge in [0, 0.05) is 6.54 Å². The van der Waals surface area contributed by atoms with Crippen LogP contribution in [0.1, 0.15) is 0 Å². The second-order valence-corrected chi connectivity index (χ2v) is 2.67. The van der Waals surface area contributed by atoms with Crippen LogP contribution < -0.4 is 5.73 Å². The molecule has 1 unspecified atom stereocenters. The Balaban J connectivity index is 2.51. The number of amides is 2. The first-order valence-electron chi connectivity index (χ1n) is 3.89. The fourth-order valence-corrected chi connectivity index (χ4v) is 1.12. The molecule has 0 spiro atoms. The lowest BCUT2D eigenvalue weighted by molar-refractivity contribution is -0.158. The third-order valence-electron chi connectivity index (χ3n) is 1.84. The van der Waals surface area contributed by atoms with Gasteiger partial charge in [0.1, 0.15) is 0 Å². The topological polar surface area (TPSA) is 81.9 Å². The lowest BCUT2D eigenvalue weighted by Gasteiger charge is -2.29. The van der Waals surface area contributed by atoms with Crippen LogP contribution in [0, 0.1) is 0 Å². The van der Waals surface area contributed by atoms with E-state index >= 15 is 0 Å². The summed E-state index contributed by atoms with van der Waals surface area (Å²) in [5, 5.41) is 0. The van der Waals surface area contributed by atoms with Gasteiger partial charge in [0.2, 0.25) is 0 Å². The molecule has 1 rings (SSSR count). The fraction of sp³-hybridized carbons (Fsp3) is 0.714. The largest absolute Gasteiger partial charge is 0.467 e. The number of carbonyl (C=O) groups excluding carboxylic acids is 2. The summed E-state index contributed by atoms with van der Waals surface area (Å²) >= 11 is 0. The van der Waals surface area contributed by atoms with Crippen molar-refractivity contribution in [3.05, 3.63) is 0 Å². The molecule has 1 aliphatic rings. The molecule has 2 N–H and O–H groups in total. The number of carbonyl (C=O) groups is 2. The van der Waals surface area contributed by atoms with Crippen LogP contribution in [0.25, 0.3) is 0 Å². The van der Waals surface area contributed by atoms with Gasteiger partial charge in [0.15, 0.2) is 6.10 Å². The minimum atomic E-state index is -0.703. The summed E-state index contributed by atoms with van der Waals surface area (Å²) in [6.07, 6.45) is -0.703. The highest BCUT2D eigenvalue weighted by molar-refractivity contribution is 5.77. The summed E-state index contributed by atoms with van der Waals surface area (Å²) in [7, 11) is 1.27. The van der Waals surface area contributed by atoms with Gasteiger partial charge in [-0.2, -0.15) is 0 Å². The molecule has 1 saturated heterocycles. The first-order chi connectivity index (χ1) is 6.15. The standard InChI is InChI=1S/C7H12N2O4/c1-12-6(10)5-4-9(7(8)11)2-3-13-5/h5H,2-4H2,1H3,(H2,8,11). The Hall–Kier alpha value is -1.30. The third-order valence-corrected chi connectivity index (χ3v) is 1.84. The van der Waals surface area contributed by atoms with Crippen molar-refractivity contribution in [2.45, 2.75) is 6.10 Å². The molecule has 0 aromatic rings. The molecule has 0 aliphatic carbocycles. The number of primary amides is 1. The molecule has 0 aromatic heterocycles. The van der Waals surface area contributed by atoms with E-state index in [4.69, 9.17) is 10.5 Å². The SMILES string of the molecule is COC(=O)C1CN(C(N)=O)CCO1. The van der Waals surface area contributed by atoms with Crippen molar-refractivity contribution in [3.8, 4) is 0 Å². The van der Waals surface area contributed by atoms with Gasteiger partial charge in [-0.3, -0.25) is 0 Å². The van der Waals surface area contributed by atoms with Crippen LogP contribution in [0.3, 0.4) is 0 Å². The molecule has 13 heavy (non-hydrogen) atoms. The van der Waals surface area contributed by atoms with Gasteiger partial charge in [-0.15, -0.1) is 0 Å². The summed E-state index contributed by atoms with van der Waals surface area (Å²) in [4.78, 5) is 23.1. The molecular weight excluding hydrogens is 176 g/mol. The third kappa shape index (κ3) is 2.32. The molecule has 1 fully saturated rings. The Labute approximate surface area is 75.6 Å². The van der Waals surface area contributed by atoms with Gasteiger partial charge in [0.05, 0.1) is 20.3 Å². The van der Waals surface area contributed by atoms with Gasteiger partial charge in [-0.25, -0.2) is 9.59 Å². The predicted molar refractivity (Wildman–Crippen MR) is 42.9 cm³/mol. The maximum atomic E-state index is 11.0. The molecule has 0 saturated carbocycles. The van der Waals surface area contributed by atoms with E-state index in [0.717, 1.165) is 0 Å². The molecular formula is C7H12N2O4. The van der Waals surface area contributed by atoms with E-state index in [2.05, 4.69) is 4.74 Å². The van der Waals surface area contributed by atoms with Crippen molar-refractivity contribution in [2.24, 2.45) is 5.73 Å². The number of urea groups is 1. The molecule has 74 valence electrons. The number of morpholine rings is 1. The van der Waals surface area contributed by atoms with E-state index in [1.807, 2.05) is 0 Å². The number of hydrogen-bond donors (Lipinski definition) is 1. The molecule has 0 aromatic carbocycles. The van der Waals surface area contributed by atoms with E-state index in [1.54, 1.807) is 0 Å². The highest BCUT2D eigenvalue weighted by atomic mass is 16.6. The Morgan fingerprint density at radius 2 is 2.31 bits per heavy atom. The molecule has 1 atom stereocenters. The summed E-state index contributed by atoms with van der Waals surface area (Å²) < 4.78 is 9.56. The number of rotatable bonds is 1. The number of nitrogens with zero attached hydrogens (tertiary/aromatic N) is 1. The Bertz CT molecular complexity index is 219. The highest BCUT2D eigenvalue weighted by Gasteiger charge is 2.28. The first-order valence-corrected chi connectivity index (χ1v) is 3.89. The van der Waals surface area contributed by atoms with Gasteiger partial charge < -0.3 is 20.1 Å². The van der Waals surface area contributed by atoms with Crippen molar-refractivity contribution >= 4 is 12.0 Å². The van der Waals surface area contributed by atoms with Crippen LogP contribution in [0.4, 0.5) is 4.79 Å². The zero-order valence-corrected chi connectivity index (χ0v) is 7.36. The van der Waals surface area contributed by atoms with Crippen LogP contribution in [0.5, 0.6) is 0 Å². The zero-order chi connectivity index (χ0) is 9.84. The Kier molecular flexibility index (Phi) is 3.07. The second kappa shape index (κ2) is 4.08. The maximum absolute atomic E-state index is 11.0. The number of hydrogen-bond acceptors (Lipinski definition) is 4. The number of esters is 1. The molecule has 6 heteroatoms. The van der Waals surface area contributed by atoms with Gasteiger partial charge in [-0.05, 0) is 0 Å². The quantitative estimate of drug-likeness (QED) is 0.532. The average molecular weight is 188 g/mol. The number of methoxy groups -OCH3 is 1. The lowest BCUT2D eigenvalue weighted by Crippen LogP contribution is -2.50. The fourth-order valence-electron chi connectivity index (χ4n) is 1.12. The van der Waals surface area contributed by atoms with Crippen LogP contribution in [-0.4, -0.2) is 49.8 Å². The minimum absolute atomic E-state index is 0.169. The molecule has 0 bridgehead atoms. The van der Waals surface area contributed by atoms with E-state index in [1.165, 1.54) is 12.0 Å². The average Bonchev–Trinajstić information content (AvgIpc) is 2.17. The minimum Gasteiger partial charge on any atom is -0.467 e. The monoisotopic (exact) mass is 188 g/mol. The molecule has 0 radical (unpaired) electrons. The van der Waals surface area contributed by atoms with Crippen molar-refractivity contribution in [1.29, 1.82) is 0 Å². The number of nitrogens with two attached hydrogens (primary N) is 1. The van der Waals surface area contributed by atoms with E-state index in [9.17, 15) is 9.59 Å². The van der Waals surface area contributed by atoms with E-state index < -0.39 is 18.1 Å². The lowest BCUT2D eigenvalue weighted by atomic mass is 10.3. The maximum Gasteiger partial charge on any atom is 0.336 e. The summed E-state index contributed by atoms with van der Waals surface area (Å²) in [5.74, 6) is -0.481. The van der Waals surface area contributed by atoms with Gasteiger partial charge >= 0.3 is 12.0 Å². The highest BCUT2D eigenvalue weighted by Crippen LogP contribution is 2.05. The Morgan fingerprint density at radius 3 is 2.85 bits per heavy atom.